The molecule has 6 heteroatoms. The minimum atomic E-state index is -0.00407. The van der Waals surface area contributed by atoms with E-state index in [1.807, 2.05) is 0 Å². The zero-order valence-corrected chi connectivity index (χ0v) is 18.7. The van der Waals surface area contributed by atoms with Crippen molar-refractivity contribution in [1.82, 2.24) is 10.6 Å². The van der Waals surface area contributed by atoms with Crippen molar-refractivity contribution in [2.75, 3.05) is 65.8 Å². The molecule has 30 heavy (non-hydrogen) atoms. The molecule has 6 nitrogen and oxygen atoms in total. The summed E-state index contributed by atoms with van der Waals surface area (Å²) in [6, 6.07) is 0. The standard InChI is InChI=1S/C24H42N2O4/c1-2-6-20-19(5-1)23(20)24(21-7-3-4-8-22(21)24)30-16-12-26-10-14-28-18-17-27-13-9-25-11-15-29-23/h19-22,25-26H,1-18H2. The molecule has 0 amide bonds. The van der Waals surface area contributed by atoms with E-state index in [2.05, 4.69) is 10.6 Å². The molecular weight excluding hydrogens is 380 g/mol. The van der Waals surface area contributed by atoms with Crippen molar-refractivity contribution in [2.45, 2.75) is 62.6 Å². The van der Waals surface area contributed by atoms with Crippen LogP contribution in [0.1, 0.15) is 51.4 Å². The van der Waals surface area contributed by atoms with Crippen molar-refractivity contribution in [1.29, 1.82) is 0 Å². The molecule has 4 unspecified atom stereocenters. The lowest BCUT2D eigenvalue weighted by Crippen LogP contribution is -2.45. The molecule has 0 aromatic heterocycles. The third-order valence-electron chi connectivity index (χ3n) is 8.59. The summed E-state index contributed by atoms with van der Waals surface area (Å²) in [7, 11) is 0. The van der Waals surface area contributed by atoms with E-state index in [1.54, 1.807) is 0 Å². The Morgan fingerprint density at radius 1 is 0.467 bits per heavy atom. The lowest BCUT2D eigenvalue weighted by molar-refractivity contribution is -0.134. The van der Waals surface area contributed by atoms with Crippen LogP contribution in [0, 0.1) is 23.7 Å². The Morgan fingerprint density at radius 3 is 1.23 bits per heavy atom. The molecule has 1 heterocycles. The Bertz CT molecular complexity index is 487. The van der Waals surface area contributed by atoms with E-state index in [1.165, 1.54) is 51.4 Å². The number of hydrogen-bond donors (Lipinski definition) is 2. The van der Waals surface area contributed by atoms with Crippen LogP contribution >= 0.6 is 0 Å². The molecule has 2 N–H and O–H groups in total. The van der Waals surface area contributed by atoms with Crippen LogP contribution in [0.4, 0.5) is 0 Å². The Labute approximate surface area is 182 Å². The maximum atomic E-state index is 6.93. The van der Waals surface area contributed by atoms with E-state index in [9.17, 15) is 0 Å². The van der Waals surface area contributed by atoms with E-state index >= 15 is 0 Å². The van der Waals surface area contributed by atoms with Gasteiger partial charge in [-0.05, 0) is 49.4 Å². The van der Waals surface area contributed by atoms with Gasteiger partial charge in [0, 0.05) is 26.2 Å². The predicted octanol–water partition coefficient (Wildman–Crippen LogP) is 2.36. The fourth-order valence-corrected chi connectivity index (χ4v) is 7.40. The van der Waals surface area contributed by atoms with Crippen molar-refractivity contribution < 1.29 is 18.9 Å². The van der Waals surface area contributed by atoms with Gasteiger partial charge in [-0.15, -0.1) is 0 Å². The van der Waals surface area contributed by atoms with E-state index in [4.69, 9.17) is 18.9 Å². The molecule has 0 aromatic carbocycles. The second-order valence-electron chi connectivity index (χ2n) is 10.0. The van der Waals surface area contributed by atoms with Crippen LogP contribution in [0.3, 0.4) is 0 Å². The maximum Gasteiger partial charge on any atom is 0.104 e. The molecule has 1 saturated heterocycles. The van der Waals surface area contributed by atoms with Crippen molar-refractivity contribution >= 4 is 0 Å². The van der Waals surface area contributed by atoms with Gasteiger partial charge < -0.3 is 29.6 Å². The van der Waals surface area contributed by atoms with Gasteiger partial charge in [0.15, 0.2) is 0 Å². The van der Waals surface area contributed by atoms with Gasteiger partial charge >= 0.3 is 0 Å². The highest BCUT2D eigenvalue weighted by molar-refractivity contribution is 5.36. The van der Waals surface area contributed by atoms with Gasteiger partial charge in [-0.25, -0.2) is 0 Å². The summed E-state index contributed by atoms with van der Waals surface area (Å²) in [6.45, 7) is 7.91. The van der Waals surface area contributed by atoms with E-state index in [-0.39, 0.29) is 11.2 Å². The van der Waals surface area contributed by atoms with Crippen LogP contribution in [0.2, 0.25) is 0 Å². The summed E-state index contributed by atoms with van der Waals surface area (Å²) in [5.41, 5.74) is -0.00813. The van der Waals surface area contributed by atoms with Crippen LogP contribution < -0.4 is 10.6 Å². The third kappa shape index (κ3) is 3.86. The van der Waals surface area contributed by atoms with Crippen LogP contribution in [-0.2, 0) is 18.9 Å². The molecule has 5 aliphatic rings. The van der Waals surface area contributed by atoms with E-state index in [0.29, 0.717) is 13.2 Å². The molecule has 4 atom stereocenters. The fraction of sp³-hybridized carbons (Fsp3) is 1.00. The summed E-state index contributed by atoms with van der Waals surface area (Å²) in [5.74, 6) is 2.92. The van der Waals surface area contributed by atoms with Gasteiger partial charge in [-0.2, -0.15) is 0 Å². The van der Waals surface area contributed by atoms with Crippen LogP contribution in [0.15, 0.2) is 0 Å². The first-order chi connectivity index (χ1) is 14.9. The molecule has 0 radical (unpaired) electrons. The smallest absolute Gasteiger partial charge is 0.104 e. The van der Waals surface area contributed by atoms with E-state index < -0.39 is 0 Å². The first kappa shape index (κ1) is 21.6. The second-order valence-corrected chi connectivity index (χ2v) is 10.0. The number of fused-ring (bicyclic) bond motifs is 7. The minimum absolute atomic E-state index is 0.00407. The highest BCUT2D eigenvalue weighted by Gasteiger charge is 2.86. The SMILES string of the molecule is C1CCC2C(C1)C21OCCNCCOCCOCCNCCOC12C1CCCCC12. The normalized spacial score (nSPS) is 46.4. The van der Waals surface area contributed by atoms with Crippen molar-refractivity contribution in [3.05, 3.63) is 0 Å². The van der Waals surface area contributed by atoms with Crippen molar-refractivity contribution in [2.24, 2.45) is 23.7 Å². The number of hydrogen-bond acceptors (Lipinski definition) is 6. The molecule has 1 aliphatic heterocycles. The predicted molar refractivity (Wildman–Crippen MR) is 116 cm³/mol. The largest absolute Gasteiger partial charge is 0.378 e. The molecular formula is C24H42N2O4. The van der Waals surface area contributed by atoms with Gasteiger partial charge in [0.2, 0.25) is 0 Å². The number of nitrogens with one attached hydrogen (secondary N) is 2. The van der Waals surface area contributed by atoms with E-state index in [0.717, 1.165) is 76.3 Å². The zero-order chi connectivity index (χ0) is 20.3. The average Bonchev–Trinajstić information content (AvgIpc) is 3.65. The monoisotopic (exact) mass is 422 g/mol. The average molecular weight is 423 g/mol. The Hall–Kier alpha value is -0.240. The molecule has 5 rings (SSSR count). The summed E-state index contributed by atoms with van der Waals surface area (Å²) >= 11 is 0. The molecule has 0 aromatic rings. The maximum absolute atomic E-state index is 6.93. The lowest BCUT2D eigenvalue weighted by Gasteiger charge is -2.32. The molecule has 5 fully saturated rings. The van der Waals surface area contributed by atoms with Gasteiger partial charge in [-0.1, -0.05) is 25.7 Å². The molecule has 2 spiro atoms. The van der Waals surface area contributed by atoms with Crippen LogP contribution in [-0.4, -0.2) is 77.0 Å². The van der Waals surface area contributed by atoms with Gasteiger partial charge in [0.1, 0.15) is 11.2 Å². The van der Waals surface area contributed by atoms with Gasteiger partial charge in [0.25, 0.3) is 0 Å². The summed E-state index contributed by atoms with van der Waals surface area (Å²) in [5, 5.41) is 7.01. The lowest BCUT2D eigenvalue weighted by atomic mass is 10.00. The van der Waals surface area contributed by atoms with Crippen molar-refractivity contribution in [3.8, 4) is 0 Å². The molecule has 4 aliphatic carbocycles. The summed E-state index contributed by atoms with van der Waals surface area (Å²) in [6.07, 6.45) is 10.8. The molecule has 172 valence electrons. The number of rotatable bonds is 0. The first-order valence-corrected chi connectivity index (χ1v) is 12.8. The second kappa shape index (κ2) is 9.72. The quantitative estimate of drug-likeness (QED) is 0.625. The topological polar surface area (TPSA) is 61.0 Å². The highest BCUT2D eigenvalue weighted by atomic mass is 16.6. The number of ether oxygens (including phenoxy) is 4. The minimum Gasteiger partial charge on any atom is -0.378 e. The Balaban J connectivity index is 1.30. The van der Waals surface area contributed by atoms with Gasteiger partial charge in [-0.3, -0.25) is 0 Å². The van der Waals surface area contributed by atoms with Crippen LogP contribution in [0.5, 0.6) is 0 Å². The highest BCUT2D eigenvalue weighted by Crippen LogP contribution is 2.78. The fourth-order valence-electron chi connectivity index (χ4n) is 7.40. The molecule has 0 bridgehead atoms. The van der Waals surface area contributed by atoms with Gasteiger partial charge in [0.05, 0.1) is 39.6 Å². The first-order valence-electron chi connectivity index (χ1n) is 12.8. The summed E-state index contributed by atoms with van der Waals surface area (Å²) in [4.78, 5) is 0. The third-order valence-corrected chi connectivity index (χ3v) is 8.59. The summed E-state index contributed by atoms with van der Waals surface area (Å²) < 4.78 is 25.2. The zero-order valence-electron chi connectivity index (χ0n) is 18.7. The van der Waals surface area contributed by atoms with Crippen molar-refractivity contribution in [3.63, 3.8) is 0 Å². The Kier molecular flexibility index (Phi) is 6.99. The molecule has 4 saturated carbocycles. The van der Waals surface area contributed by atoms with Crippen LogP contribution in [0.25, 0.3) is 0 Å². The Morgan fingerprint density at radius 2 is 0.833 bits per heavy atom.